The van der Waals surface area contributed by atoms with Crippen molar-refractivity contribution in [2.75, 3.05) is 6.54 Å². The summed E-state index contributed by atoms with van der Waals surface area (Å²) in [6, 6.07) is 2.56. The van der Waals surface area contributed by atoms with E-state index >= 15 is 0 Å². The molecule has 0 radical (unpaired) electrons. The quantitative estimate of drug-likeness (QED) is 0.799. The second kappa shape index (κ2) is 6.30. The number of thiophene rings is 1. The molecular formula is C17H25NOS. The van der Waals surface area contributed by atoms with E-state index in [9.17, 15) is 4.79 Å². The van der Waals surface area contributed by atoms with Crippen molar-refractivity contribution in [3.05, 3.63) is 21.9 Å². The van der Waals surface area contributed by atoms with Gasteiger partial charge in [0, 0.05) is 17.8 Å². The lowest BCUT2D eigenvalue weighted by molar-refractivity contribution is -0.135. The molecule has 0 aromatic carbocycles. The average molecular weight is 291 g/mol. The van der Waals surface area contributed by atoms with Crippen LogP contribution in [-0.2, 0) is 11.2 Å². The summed E-state index contributed by atoms with van der Waals surface area (Å²) in [5.41, 5.74) is 1.42. The maximum Gasteiger partial charge on any atom is 0.223 e. The first-order valence-corrected chi connectivity index (χ1v) is 9.03. The highest BCUT2D eigenvalue weighted by molar-refractivity contribution is 7.10. The molecule has 0 spiro atoms. The number of amides is 1. The Kier molecular flexibility index (Phi) is 4.45. The molecule has 1 aromatic heterocycles. The van der Waals surface area contributed by atoms with Crippen molar-refractivity contribution >= 4 is 17.2 Å². The Morgan fingerprint density at radius 1 is 1.35 bits per heavy atom. The number of hydrogen-bond donors (Lipinski definition) is 0. The summed E-state index contributed by atoms with van der Waals surface area (Å²) in [6.45, 7) is 3.13. The lowest BCUT2D eigenvalue weighted by atomic mass is 9.86. The zero-order chi connectivity index (χ0) is 13.9. The van der Waals surface area contributed by atoms with E-state index in [1.807, 2.05) is 11.3 Å². The molecule has 0 bridgehead atoms. The predicted octanol–water partition coefficient (Wildman–Crippen LogP) is 4.55. The van der Waals surface area contributed by atoms with E-state index in [4.69, 9.17) is 0 Å². The van der Waals surface area contributed by atoms with Crippen molar-refractivity contribution in [3.8, 4) is 0 Å². The molecule has 1 unspecified atom stereocenters. The van der Waals surface area contributed by atoms with E-state index in [2.05, 4.69) is 23.3 Å². The number of rotatable bonds is 3. The van der Waals surface area contributed by atoms with Crippen molar-refractivity contribution < 1.29 is 4.79 Å². The smallest absolute Gasteiger partial charge is 0.223 e. The van der Waals surface area contributed by atoms with Gasteiger partial charge in [-0.05, 0) is 48.6 Å². The molecule has 1 aromatic rings. The Labute approximate surface area is 126 Å². The maximum atomic E-state index is 12.7. The van der Waals surface area contributed by atoms with Gasteiger partial charge in [-0.1, -0.05) is 26.2 Å². The molecule has 1 aliphatic carbocycles. The number of fused-ring (bicyclic) bond motifs is 1. The van der Waals surface area contributed by atoms with E-state index in [0.717, 1.165) is 25.8 Å². The Hall–Kier alpha value is -0.830. The summed E-state index contributed by atoms with van der Waals surface area (Å²) in [5, 5.41) is 2.18. The summed E-state index contributed by atoms with van der Waals surface area (Å²) in [4.78, 5) is 16.4. The molecule has 0 N–H and O–H groups in total. The molecule has 0 saturated heterocycles. The lowest BCUT2D eigenvalue weighted by Crippen LogP contribution is -2.40. The average Bonchev–Trinajstić information content (AvgIpc) is 2.95. The van der Waals surface area contributed by atoms with Crippen LogP contribution >= 0.6 is 11.3 Å². The van der Waals surface area contributed by atoms with Crippen LogP contribution in [0.2, 0.25) is 0 Å². The topological polar surface area (TPSA) is 20.3 Å². The minimum Gasteiger partial charge on any atom is -0.335 e. The number of nitrogens with zero attached hydrogens (tertiary/aromatic N) is 1. The van der Waals surface area contributed by atoms with Crippen LogP contribution in [0.1, 0.15) is 68.4 Å². The van der Waals surface area contributed by atoms with Gasteiger partial charge in [-0.2, -0.15) is 0 Å². The van der Waals surface area contributed by atoms with Gasteiger partial charge in [0.25, 0.3) is 0 Å². The molecule has 110 valence electrons. The molecule has 1 atom stereocenters. The van der Waals surface area contributed by atoms with E-state index in [0.29, 0.717) is 17.9 Å². The van der Waals surface area contributed by atoms with Crippen molar-refractivity contribution in [2.24, 2.45) is 5.92 Å². The first kappa shape index (κ1) is 14.1. The monoisotopic (exact) mass is 291 g/mol. The van der Waals surface area contributed by atoms with Gasteiger partial charge in [0.05, 0.1) is 6.04 Å². The van der Waals surface area contributed by atoms with Crippen LogP contribution in [0.5, 0.6) is 0 Å². The maximum absolute atomic E-state index is 12.7. The lowest BCUT2D eigenvalue weighted by Gasteiger charge is -2.36. The summed E-state index contributed by atoms with van der Waals surface area (Å²) < 4.78 is 0. The Balaban J connectivity index is 1.68. The molecule has 2 heterocycles. The van der Waals surface area contributed by atoms with Crippen LogP contribution in [0.3, 0.4) is 0 Å². The number of carbonyl (C=O) groups is 1. The predicted molar refractivity (Wildman–Crippen MR) is 84.0 cm³/mol. The highest BCUT2D eigenvalue weighted by Crippen LogP contribution is 2.36. The summed E-state index contributed by atoms with van der Waals surface area (Å²) in [5.74, 6) is 1.05. The van der Waals surface area contributed by atoms with Gasteiger partial charge in [-0.15, -0.1) is 11.3 Å². The highest BCUT2D eigenvalue weighted by atomic mass is 32.1. The fourth-order valence-electron chi connectivity index (χ4n) is 3.89. The van der Waals surface area contributed by atoms with Crippen LogP contribution in [0.4, 0.5) is 0 Å². The SMILES string of the molecule is CCC1c2ccsc2CCN1C(=O)CC1CCCCC1. The summed E-state index contributed by atoms with van der Waals surface area (Å²) in [7, 11) is 0. The minimum absolute atomic E-state index is 0.334. The van der Waals surface area contributed by atoms with Crippen molar-refractivity contribution in [1.29, 1.82) is 0 Å². The second-order valence-electron chi connectivity index (χ2n) is 6.27. The van der Waals surface area contributed by atoms with Gasteiger partial charge in [0.2, 0.25) is 5.91 Å². The van der Waals surface area contributed by atoms with E-state index < -0.39 is 0 Å². The van der Waals surface area contributed by atoms with Gasteiger partial charge in [-0.25, -0.2) is 0 Å². The number of hydrogen-bond acceptors (Lipinski definition) is 2. The van der Waals surface area contributed by atoms with Gasteiger partial charge in [0.1, 0.15) is 0 Å². The van der Waals surface area contributed by atoms with Crippen LogP contribution in [-0.4, -0.2) is 17.4 Å². The molecule has 3 rings (SSSR count). The third-order valence-corrected chi connectivity index (χ3v) is 5.99. The molecule has 1 saturated carbocycles. The van der Waals surface area contributed by atoms with Gasteiger partial charge in [0.15, 0.2) is 0 Å². The zero-order valence-corrected chi connectivity index (χ0v) is 13.3. The first-order valence-electron chi connectivity index (χ1n) is 8.15. The third kappa shape index (κ3) is 2.78. The molecular weight excluding hydrogens is 266 g/mol. The summed E-state index contributed by atoms with van der Waals surface area (Å²) >= 11 is 1.86. The molecule has 1 amide bonds. The van der Waals surface area contributed by atoms with Crippen molar-refractivity contribution in [1.82, 2.24) is 4.90 Å². The molecule has 3 heteroatoms. The third-order valence-electron chi connectivity index (χ3n) is 4.99. The molecule has 2 nitrogen and oxygen atoms in total. The van der Waals surface area contributed by atoms with Crippen LogP contribution < -0.4 is 0 Å². The molecule has 1 fully saturated rings. The normalized spacial score (nSPS) is 23.6. The summed E-state index contributed by atoms with van der Waals surface area (Å²) in [6.07, 6.45) is 9.42. The largest absolute Gasteiger partial charge is 0.335 e. The van der Waals surface area contributed by atoms with Gasteiger partial charge in [-0.3, -0.25) is 4.79 Å². The highest BCUT2D eigenvalue weighted by Gasteiger charge is 2.31. The second-order valence-corrected chi connectivity index (χ2v) is 7.27. The van der Waals surface area contributed by atoms with Crippen LogP contribution in [0.15, 0.2) is 11.4 Å². The van der Waals surface area contributed by atoms with E-state index in [-0.39, 0.29) is 0 Å². The van der Waals surface area contributed by atoms with Crippen molar-refractivity contribution in [2.45, 2.75) is 64.3 Å². The fourth-order valence-corrected chi connectivity index (χ4v) is 4.82. The van der Waals surface area contributed by atoms with E-state index in [1.165, 1.54) is 42.5 Å². The van der Waals surface area contributed by atoms with E-state index in [1.54, 1.807) is 0 Å². The number of carbonyl (C=O) groups excluding carboxylic acids is 1. The molecule has 20 heavy (non-hydrogen) atoms. The Morgan fingerprint density at radius 2 is 2.15 bits per heavy atom. The standard InChI is InChI=1S/C17H25NOS/c1-2-15-14-9-11-20-16(14)8-10-18(15)17(19)12-13-6-4-3-5-7-13/h9,11,13,15H,2-8,10,12H2,1H3. The first-order chi connectivity index (χ1) is 9.79. The molecule has 1 aliphatic heterocycles. The molecule has 2 aliphatic rings. The Morgan fingerprint density at radius 3 is 2.90 bits per heavy atom. The Bertz CT molecular complexity index is 461. The zero-order valence-electron chi connectivity index (χ0n) is 12.4. The van der Waals surface area contributed by atoms with Gasteiger partial charge >= 0.3 is 0 Å². The fraction of sp³-hybridized carbons (Fsp3) is 0.706. The minimum atomic E-state index is 0.334. The van der Waals surface area contributed by atoms with Gasteiger partial charge < -0.3 is 4.90 Å². The van der Waals surface area contributed by atoms with Crippen molar-refractivity contribution in [3.63, 3.8) is 0 Å². The van der Waals surface area contributed by atoms with Crippen LogP contribution in [0, 0.1) is 5.92 Å². The van der Waals surface area contributed by atoms with Crippen LogP contribution in [0.25, 0.3) is 0 Å².